The van der Waals surface area contributed by atoms with Gasteiger partial charge in [-0.3, -0.25) is 0 Å². The van der Waals surface area contributed by atoms with Crippen LogP contribution in [0.15, 0.2) is 34.4 Å². The molecule has 0 amide bonds. The molecule has 0 aliphatic carbocycles. The molecule has 1 aromatic heterocycles. The quantitative estimate of drug-likeness (QED) is 0.808. The number of nitrogens with zero attached hydrogens (tertiary/aromatic N) is 2. The lowest BCUT2D eigenvalue weighted by Gasteiger charge is -2.13. The summed E-state index contributed by atoms with van der Waals surface area (Å²) in [4.78, 5) is 8.84. The van der Waals surface area contributed by atoms with Gasteiger partial charge in [0.25, 0.3) is 0 Å². The number of halogens is 2. The Morgan fingerprint density at radius 2 is 2.00 bits per heavy atom. The second-order valence-corrected chi connectivity index (χ2v) is 5.49. The molecule has 0 saturated heterocycles. The van der Waals surface area contributed by atoms with E-state index in [9.17, 15) is 8.78 Å². The van der Waals surface area contributed by atoms with Crippen LogP contribution in [0, 0.1) is 11.6 Å². The molecule has 0 atom stereocenters. The van der Waals surface area contributed by atoms with Gasteiger partial charge in [-0.2, -0.15) is 0 Å². The summed E-state index contributed by atoms with van der Waals surface area (Å²) in [5.74, 6) is -0.382. The van der Waals surface area contributed by atoms with Crippen molar-refractivity contribution in [3.63, 3.8) is 0 Å². The van der Waals surface area contributed by atoms with Crippen molar-refractivity contribution >= 4 is 17.6 Å². The Labute approximate surface area is 127 Å². The highest BCUT2D eigenvalue weighted by Crippen LogP contribution is 2.33. The van der Waals surface area contributed by atoms with Gasteiger partial charge in [0.2, 0.25) is 0 Å². The number of hydrogen-bond donors (Lipinski definition) is 1. The van der Waals surface area contributed by atoms with Gasteiger partial charge in [-0.15, -0.1) is 0 Å². The Bertz CT molecular complexity index is 620. The number of benzene rings is 1. The van der Waals surface area contributed by atoms with Crippen molar-refractivity contribution in [3.05, 3.63) is 41.7 Å². The molecular formula is C15H17F2N3S. The van der Waals surface area contributed by atoms with E-state index in [1.165, 1.54) is 30.2 Å². The molecule has 0 aliphatic rings. The molecule has 0 fully saturated rings. The fraction of sp³-hybridized carbons (Fsp3) is 0.333. The smallest absolute Gasteiger partial charge is 0.140 e. The third kappa shape index (κ3) is 3.91. The third-order valence-electron chi connectivity index (χ3n) is 2.85. The maximum atomic E-state index is 13.8. The molecule has 0 bridgehead atoms. The molecule has 0 aliphatic heterocycles. The lowest BCUT2D eigenvalue weighted by Crippen LogP contribution is -2.06. The summed E-state index contributed by atoms with van der Waals surface area (Å²) in [5, 5.41) is 3.89. The van der Waals surface area contributed by atoms with Gasteiger partial charge in [0.05, 0.1) is 0 Å². The first-order chi connectivity index (χ1) is 10.2. The Kier molecular flexibility index (Phi) is 5.50. The summed E-state index contributed by atoms with van der Waals surface area (Å²) in [6.07, 6.45) is 3.19. The van der Waals surface area contributed by atoms with Gasteiger partial charge in [-0.05, 0) is 25.5 Å². The molecule has 0 unspecified atom stereocenters. The normalized spacial score (nSPS) is 10.7. The minimum absolute atomic E-state index is 0.356. The van der Waals surface area contributed by atoms with Crippen LogP contribution >= 0.6 is 11.8 Å². The van der Waals surface area contributed by atoms with Crippen LogP contribution < -0.4 is 5.32 Å². The van der Waals surface area contributed by atoms with Gasteiger partial charge < -0.3 is 5.32 Å². The highest BCUT2D eigenvalue weighted by molar-refractivity contribution is 7.99. The number of aromatic nitrogens is 2. The predicted molar refractivity (Wildman–Crippen MR) is 80.7 cm³/mol. The zero-order valence-corrected chi connectivity index (χ0v) is 12.8. The van der Waals surface area contributed by atoms with Crippen molar-refractivity contribution in [2.75, 3.05) is 11.9 Å². The molecular weight excluding hydrogens is 292 g/mol. The van der Waals surface area contributed by atoms with Crippen molar-refractivity contribution in [1.29, 1.82) is 0 Å². The van der Waals surface area contributed by atoms with Crippen molar-refractivity contribution < 1.29 is 8.78 Å². The Hall–Kier alpha value is -1.69. The maximum absolute atomic E-state index is 13.8. The van der Waals surface area contributed by atoms with Crippen LogP contribution in [0.4, 0.5) is 14.6 Å². The molecule has 1 N–H and O–H groups in total. The van der Waals surface area contributed by atoms with E-state index in [4.69, 9.17) is 0 Å². The van der Waals surface area contributed by atoms with Crippen LogP contribution in [-0.4, -0.2) is 16.5 Å². The molecule has 2 rings (SSSR count). The van der Waals surface area contributed by atoms with Gasteiger partial charge in [0.1, 0.15) is 28.8 Å². The molecule has 6 heteroatoms. The highest BCUT2D eigenvalue weighted by atomic mass is 32.2. The summed E-state index contributed by atoms with van der Waals surface area (Å²) in [5.41, 5.74) is 0.968. The zero-order chi connectivity index (χ0) is 15.2. The minimum atomic E-state index is -0.582. The van der Waals surface area contributed by atoms with Gasteiger partial charge >= 0.3 is 0 Å². The standard InChI is InChI=1S/C15H17F2N3S/c1-3-5-11-14(18-4-2)19-9-20-15(11)21-13-7-6-10(16)8-12(13)17/h6-9H,3-5H2,1-2H3,(H,18,19,20). The highest BCUT2D eigenvalue weighted by Gasteiger charge is 2.14. The lowest BCUT2D eigenvalue weighted by molar-refractivity contribution is 0.565. The average Bonchev–Trinajstić information content (AvgIpc) is 2.45. The molecule has 0 radical (unpaired) electrons. The number of hydrogen-bond acceptors (Lipinski definition) is 4. The number of rotatable bonds is 6. The maximum Gasteiger partial charge on any atom is 0.140 e. The second-order valence-electron chi connectivity index (χ2n) is 4.46. The monoisotopic (exact) mass is 309 g/mol. The lowest BCUT2D eigenvalue weighted by atomic mass is 10.2. The van der Waals surface area contributed by atoms with Crippen molar-refractivity contribution in [1.82, 2.24) is 9.97 Å². The van der Waals surface area contributed by atoms with Crippen molar-refractivity contribution in [2.45, 2.75) is 36.6 Å². The van der Waals surface area contributed by atoms with Crippen LogP contribution in [0.1, 0.15) is 25.8 Å². The van der Waals surface area contributed by atoms with E-state index in [0.29, 0.717) is 9.92 Å². The third-order valence-corrected chi connectivity index (χ3v) is 3.95. The Morgan fingerprint density at radius 1 is 1.19 bits per heavy atom. The van der Waals surface area contributed by atoms with Gasteiger partial charge in [-0.1, -0.05) is 25.1 Å². The first-order valence-corrected chi connectivity index (χ1v) is 7.68. The largest absolute Gasteiger partial charge is 0.370 e. The van der Waals surface area contributed by atoms with E-state index in [1.54, 1.807) is 0 Å². The van der Waals surface area contributed by atoms with Gasteiger partial charge in [-0.25, -0.2) is 18.7 Å². The second kappa shape index (κ2) is 7.36. The molecule has 21 heavy (non-hydrogen) atoms. The molecule has 1 heterocycles. The van der Waals surface area contributed by atoms with E-state index < -0.39 is 11.6 Å². The summed E-state index contributed by atoms with van der Waals surface area (Å²) in [6, 6.07) is 3.56. The number of anilines is 1. The van der Waals surface area contributed by atoms with Crippen LogP contribution in [0.3, 0.4) is 0 Å². The first kappa shape index (κ1) is 15.7. The van der Waals surface area contributed by atoms with Crippen LogP contribution in [-0.2, 0) is 6.42 Å². The van der Waals surface area contributed by atoms with Crippen LogP contribution in [0.25, 0.3) is 0 Å². The number of nitrogens with one attached hydrogen (secondary N) is 1. The Balaban J connectivity index is 2.36. The molecule has 3 nitrogen and oxygen atoms in total. The summed E-state index contributed by atoms with van der Waals surface area (Å²) in [7, 11) is 0. The van der Waals surface area contributed by atoms with E-state index in [0.717, 1.165) is 36.8 Å². The van der Waals surface area contributed by atoms with Gasteiger partial charge in [0, 0.05) is 23.1 Å². The van der Waals surface area contributed by atoms with Crippen molar-refractivity contribution in [2.24, 2.45) is 0 Å². The van der Waals surface area contributed by atoms with E-state index in [-0.39, 0.29) is 0 Å². The van der Waals surface area contributed by atoms with Gasteiger partial charge in [0.15, 0.2) is 0 Å². The van der Waals surface area contributed by atoms with Crippen LogP contribution in [0.5, 0.6) is 0 Å². The minimum Gasteiger partial charge on any atom is -0.370 e. The Morgan fingerprint density at radius 3 is 2.67 bits per heavy atom. The van der Waals surface area contributed by atoms with E-state index in [2.05, 4.69) is 22.2 Å². The predicted octanol–water partition coefficient (Wildman–Crippen LogP) is 4.29. The summed E-state index contributed by atoms with van der Waals surface area (Å²) in [6.45, 7) is 4.81. The SMILES string of the molecule is CCCc1c(NCC)ncnc1Sc1ccc(F)cc1F. The fourth-order valence-corrected chi connectivity index (χ4v) is 2.86. The van der Waals surface area contributed by atoms with E-state index >= 15 is 0 Å². The average molecular weight is 309 g/mol. The molecule has 1 aromatic carbocycles. The molecule has 0 saturated carbocycles. The fourth-order valence-electron chi connectivity index (χ4n) is 1.94. The molecule has 112 valence electrons. The van der Waals surface area contributed by atoms with Crippen molar-refractivity contribution in [3.8, 4) is 0 Å². The molecule has 2 aromatic rings. The zero-order valence-electron chi connectivity index (χ0n) is 12.0. The summed E-state index contributed by atoms with van der Waals surface area (Å²) < 4.78 is 26.7. The summed E-state index contributed by atoms with van der Waals surface area (Å²) >= 11 is 1.20. The molecule has 0 spiro atoms. The first-order valence-electron chi connectivity index (χ1n) is 6.86. The van der Waals surface area contributed by atoms with E-state index in [1.807, 2.05) is 6.92 Å². The topological polar surface area (TPSA) is 37.8 Å². The van der Waals surface area contributed by atoms with Crippen LogP contribution in [0.2, 0.25) is 0 Å².